The summed E-state index contributed by atoms with van der Waals surface area (Å²) in [5.41, 5.74) is 1.82. The van der Waals surface area contributed by atoms with Gasteiger partial charge in [-0.15, -0.1) is 0 Å². The molecule has 30 heavy (non-hydrogen) atoms. The number of benzene rings is 1. The molecule has 0 bridgehead atoms. The number of amides is 1. The van der Waals surface area contributed by atoms with Crippen LogP contribution >= 0.6 is 11.3 Å². The van der Waals surface area contributed by atoms with Gasteiger partial charge in [-0.25, -0.2) is 13.8 Å². The van der Waals surface area contributed by atoms with Gasteiger partial charge in [-0.1, -0.05) is 23.5 Å². The highest BCUT2D eigenvalue weighted by molar-refractivity contribution is 7.15. The van der Waals surface area contributed by atoms with E-state index in [2.05, 4.69) is 15.3 Å². The van der Waals surface area contributed by atoms with Crippen LogP contribution in [0.1, 0.15) is 33.5 Å². The predicted molar refractivity (Wildman–Crippen MR) is 111 cm³/mol. The number of anilines is 1. The average Bonchev–Trinajstić information content (AvgIpc) is 3.28. The lowest BCUT2D eigenvalue weighted by molar-refractivity contribution is -0.0248. The minimum absolute atomic E-state index is 0.0775. The molecule has 2 aliphatic rings. The summed E-state index contributed by atoms with van der Waals surface area (Å²) in [6, 6.07) is 6.23. The lowest BCUT2D eigenvalue weighted by Crippen LogP contribution is -2.35. The highest BCUT2D eigenvalue weighted by atomic mass is 32.1. The number of nitrogens with one attached hydrogen (secondary N) is 2. The fraction of sp³-hybridized carbons (Fsp3) is 0.429. The lowest BCUT2D eigenvalue weighted by Gasteiger charge is -2.25. The van der Waals surface area contributed by atoms with E-state index in [0.29, 0.717) is 42.0 Å². The number of thiazole rings is 1. The zero-order valence-corrected chi connectivity index (χ0v) is 17.3. The average molecular weight is 432 g/mol. The monoisotopic (exact) mass is 432 g/mol. The second-order valence-corrected chi connectivity index (χ2v) is 9.07. The molecule has 0 radical (unpaired) electrons. The first kappa shape index (κ1) is 19.4. The SMILES string of the molecule is CC(F)(F)c1cccc2[nH]c(C(=O)N3CCc4nc(NCC5COC5)sc4C3)cc12. The van der Waals surface area contributed by atoms with Crippen molar-refractivity contribution in [3.63, 3.8) is 0 Å². The van der Waals surface area contributed by atoms with Crippen LogP contribution in [0.3, 0.4) is 0 Å². The maximum Gasteiger partial charge on any atom is 0.271 e. The van der Waals surface area contributed by atoms with E-state index in [1.165, 1.54) is 6.07 Å². The number of hydrogen-bond acceptors (Lipinski definition) is 5. The van der Waals surface area contributed by atoms with Crippen molar-refractivity contribution < 1.29 is 18.3 Å². The van der Waals surface area contributed by atoms with Crippen LogP contribution in [0, 0.1) is 5.92 Å². The second kappa shape index (κ2) is 7.31. The first-order valence-corrected chi connectivity index (χ1v) is 10.8. The van der Waals surface area contributed by atoms with E-state index in [4.69, 9.17) is 4.74 Å². The number of hydrogen-bond donors (Lipinski definition) is 2. The summed E-state index contributed by atoms with van der Waals surface area (Å²) in [5.74, 6) is -2.62. The molecular formula is C21H22F2N4O2S. The van der Waals surface area contributed by atoms with Crippen LogP contribution in [0.4, 0.5) is 13.9 Å². The van der Waals surface area contributed by atoms with Gasteiger partial charge in [-0.05, 0) is 12.1 Å². The largest absolute Gasteiger partial charge is 0.381 e. The quantitative estimate of drug-likeness (QED) is 0.640. The van der Waals surface area contributed by atoms with Gasteiger partial charge in [-0.2, -0.15) is 0 Å². The molecule has 2 aromatic heterocycles. The Morgan fingerprint density at radius 2 is 2.27 bits per heavy atom. The van der Waals surface area contributed by atoms with Gasteiger partial charge in [0, 0.05) is 53.7 Å². The number of aromatic nitrogens is 2. The Morgan fingerprint density at radius 1 is 1.43 bits per heavy atom. The number of aromatic amines is 1. The highest BCUT2D eigenvalue weighted by Crippen LogP contribution is 2.34. The van der Waals surface area contributed by atoms with Crippen LogP contribution in [-0.4, -0.2) is 47.1 Å². The van der Waals surface area contributed by atoms with Crippen LogP contribution in [-0.2, 0) is 23.6 Å². The molecule has 0 spiro atoms. The van der Waals surface area contributed by atoms with Crippen molar-refractivity contribution in [1.82, 2.24) is 14.9 Å². The number of nitrogens with zero attached hydrogens (tertiary/aromatic N) is 2. The van der Waals surface area contributed by atoms with E-state index in [-0.39, 0.29) is 11.5 Å². The van der Waals surface area contributed by atoms with Crippen molar-refractivity contribution in [2.24, 2.45) is 5.92 Å². The Bertz CT molecular complexity index is 1100. The van der Waals surface area contributed by atoms with Crippen molar-refractivity contribution in [3.05, 3.63) is 46.1 Å². The van der Waals surface area contributed by atoms with Gasteiger partial charge < -0.3 is 19.9 Å². The minimum Gasteiger partial charge on any atom is -0.381 e. The summed E-state index contributed by atoms with van der Waals surface area (Å²) < 4.78 is 33.0. The van der Waals surface area contributed by atoms with E-state index < -0.39 is 5.92 Å². The van der Waals surface area contributed by atoms with Crippen molar-refractivity contribution >= 4 is 33.3 Å². The molecule has 0 atom stereocenters. The summed E-state index contributed by atoms with van der Waals surface area (Å²) in [5, 5.41) is 4.63. The van der Waals surface area contributed by atoms with Gasteiger partial charge in [0.15, 0.2) is 5.13 Å². The molecule has 0 aliphatic carbocycles. The van der Waals surface area contributed by atoms with Crippen LogP contribution in [0.25, 0.3) is 10.9 Å². The number of halogens is 2. The summed E-state index contributed by atoms with van der Waals surface area (Å²) in [6.07, 6.45) is 0.685. The first-order valence-electron chi connectivity index (χ1n) is 9.98. The first-order chi connectivity index (χ1) is 14.4. The van der Waals surface area contributed by atoms with E-state index in [9.17, 15) is 13.6 Å². The van der Waals surface area contributed by atoms with Gasteiger partial charge in [-0.3, -0.25) is 4.79 Å². The van der Waals surface area contributed by atoms with Crippen molar-refractivity contribution in [2.75, 3.05) is 31.6 Å². The molecule has 4 heterocycles. The number of carbonyl (C=O) groups excluding carboxylic acids is 1. The third-order valence-electron chi connectivity index (χ3n) is 5.64. The third-order valence-corrected chi connectivity index (χ3v) is 6.68. The van der Waals surface area contributed by atoms with Gasteiger partial charge in [0.2, 0.25) is 0 Å². The number of carbonyl (C=O) groups is 1. The number of alkyl halides is 2. The molecule has 2 N–H and O–H groups in total. The number of fused-ring (bicyclic) bond motifs is 2. The third kappa shape index (κ3) is 3.56. The maximum absolute atomic E-state index is 13.9. The van der Waals surface area contributed by atoms with Crippen molar-refractivity contribution in [3.8, 4) is 0 Å². The van der Waals surface area contributed by atoms with Gasteiger partial charge >= 0.3 is 0 Å². The van der Waals surface area contributed by atoms with Crippen LogP contribution < -0.4 is 5.32 Å². The summed E-state index contributed by atoms with van der Waals surface area (Å²) >= 11 is 1.57. The molecule has 9 heteroatoms. The Balaban J connectivity index is 1.33. The van der Waals surface area contributed by atoms with E-state index in [0.717, 1.165) is 42.4 Å². The van der Waals surface area contributed by atoms with E-state index in [1.54, 1.807) is 34.4 Å². The molecule has 2 aliphatic heterocycles. The zero-order valence-electron chi connectivity index (χ0n) is 16.5. The topological polar surface area (TPSA) is 70.2 Å². The van der Waals surface area contributed by atoms with Crippen molar-refractivity contribution in [2.45, 2.75) is 25.8 Å². The summed E-state index contributed by atoms with van der Waals surface area (Å²) in [7, 11) is 0. The maximum atomic E-state index is 13.9. The predicted octanol–water partition coefficient (Wildman–Crippen LogP) is 3.99. The molecule has 1 aromatic carbocycles. The smallest absolute Gasteiger partial charge is 0.271 e. The van der Waals surface area contributed by atoms with Crippen LogP contribution in [0.5, 0.6) is 0 Å². The molecule has 0 saturated carbocycles. The van der Waals surface area contributed by atoms with E-state index >= 15 is 0 Å². The zero-order chi connectivity index (χ0) is 20.9. The summed E-state index contributed by atoms with van der Waals surface area (Å²) in [6.45, 7) is 4.32. The molecule has 6 nitrogen and oxygen atoms in total. The second-order valence-electron chi connectivity index (χ2n) is 7.99. The number of rotatable bonds is 5. The molecular weight excluding hydrogens is 410 g/mol. The minimum atomic E-state index is -2.97. The van der Waals surface area contributed by atoms with Crippen LogP contribution in [0.2, 0.25) is 0 Å². The standard InChI is InChI=1S/C21H22F2N4O2S/c1-21(22,23)14-3-2-4-15-13(14)7-17(25-15)19(28)27-6-5-16-18(9-27)30-20(26-16)24-8-12-10-29-11-12/h2-4,7,12,25H,5-6,8-11H2,1H3,(H,24,26). The Labute approximate surface area is 176 Å². The Hall–Kier alpha value is -2.52. The fourth-order valence-corrected chi connectivity index (χ4v) is 4.93. The molecule has 1 fully saturated rings. The molecule has 158 valence electrons. The molecule has 1 saturated heterocycles. The van der Waals surface area contributed by atoms with Crippen molar-refractivity contribution in [1.29, 1.82) is 0 Å². The van der Waals surface area contributed by atoms with Gasteiger partial charge in [0.05, 0.1) is 25.5 Å². The Kier molecular flexibility index (Phi) is 4.74. The molecule has 5 rings (SSSR count). The van der Waals surface area contributed by atoms with Crippen LogP contribution in [0.15, 0.2) is 24.3 Å². The highest BCUT2D eigenvalue weighted by Gasteiger charge is 2.30. The molecule has 1 amide bonds. The lowest BCUT2D eigenvalue weighted by atomic mass is 10.0. The number of ether oxygens (including phenoxy) is 1. The number of H-pyrrole nitrogens is 1. The fourth-order valence-electron chi connectivity index (χ4n) is 3.90. The Morgan fingerprint density at radius 3 is 3.00 bits per heavy atom. The summed E-state index contributed by atoms with van der Waals surface area (Å²) in [4.78, 5) is 23.6. The molecule has 3 aromatic rings. The normalized spacial score (nSPS) is 17.1. The molecule has 0 unspecified atom stereocenters. The van der Waals surface area contributed by atoms with Gasteiger partial charge in [0.1, 0.15) is 5.69 Å². The van der Waals surface area contributed by atoms with E-state index in [1.807, 2.05) is 0 Å². The van der Waals surface area contributed by atoms with Gasteiger partial charge in [0.25, 0.3) is 11.8 Å².